The summed E-state index contributed by atoms with van der Waals surface area (Å²) in [5, 5.41) is 0.726. The van der Waals surface area contributed by atoms with Crippen LogP contribution in [0.2, 0.25) is 0 Å². The van der Waals surface area contributed by atoms with Gasteiger partial charge in [-0.1, -0.05) is 17.7 Å². The average Bonchev–Trinajstić information content (AvgIpc) is 2.01. The molecule has 3 nitrogen and oxygen atoms in total. The maximum absolute atomic E-state index is 11.7. The molecule has 1 amide bonds. The van der Waals surface area contributed by atoms with E-state index in [1.54, 1.807) is 18.7 Å². The van der Waals surface area contributed by atoms with E-state index < -0.39 is 5.54 Å². The summed E-state index contributed by atoms with van der Waals surface area (Å²) in [6.07, 6.45) is 2.76. The van der Waals surface area contributed by atoms with Crippen molar-refractivity contribution in [2.45, 2.75) is 25.8 Å². The summed E-state index contributed by atoms with van der Waals surface area (Å²) in [6.45, 7) is 4.64. The Balaban J connectivity index is 2.65. The van der Waals surface area contributed by atoms with Crippen molar-refractivity contribution in [2.75, 3.05) is 13.1 Å². The predicted octanol–water partition coefficient (Wildman–Crippen LogP) is 1.08. The van der Waals surface area contributed by atoms with Gasteiger partial charge in [0.25, 0.3) is 0 Å². The minimum atomic E-state index is -0.797. The molecule has 0 aromatic heterocycles. The minimum Gasteiger partial charge on any atom is -0.336 e. The quantitative estimate of drug-likeness (QED) is 0.692. The van der Waals surface area contributed by atoms with Crippen molar-refractivity contribution in [1.82, 2.24) is 4.90 Å². The smallest absolute Gasteiger partial charge is 0.242 e. The molecule has 1 rings (SSSR count). The predicted molar refractivity (Wildman–Crippen MR) is 53.4 cm³/mol. The average molecular weight is 203 g/mol. The van der Waals surface area contributed by atoms with Crippen molar-refractivity contribution >= 4 is 17.5 Å². The normalized spacial score (nSPS) is 18.5. The molecule has 0 spiro atoms. The monoisotopic (exact) mass is 202 g/mol. The van der Waals surface area contributed by atoms with Crippen LogP contribution in [0.15, 0.2) is 11.1 Å². The van der Waals surface area contributed by atoms with Gasteiger partial charge in [0.05, 0.1) is 12.1 Å². The highest BCUT2D eigenvalue weighted by Gasteiger charge is 2.28. The lowest BCUT2D eigenvalue weighted by Crippen LogP contribution is -2.52. The Morgan fingerprint density at radius 3 is 2.77 bits per heavy atom. The van der Waals surface area contributed by atoms with Crippen molar-refractivity contribution in [3.05, 3.63) is 11.1 Å². The van der Waals surface area contributed by atoms with E-state index in [2.05, 4.69) is 0 Å². The first-order chi connectivity index (χ1) is 5.91. The number of amides is 1. The first-order valence-electron chi connectivity index (χ1n) is 4.34. The lowest BCUT2D eigenvalue weighted by molar-refractivity contribution is -0.135. The number of rotatable bonds is 1. The Morgan fingerprint density at radius 2 is 2.31 bits per heavy atom. The summed E-state index contributed by atoms with van der Waals surface area (Å²) in [6, 6.07) is 0. The van der Waals surface area contributed by atoms with Gasteiger partial charge in [-0.3, -0.25) is 4.79 Å². The summed E-state index contributed by atoms with van der Waals surface area (Å²) >= 11 is 5.83. The molecule has 0 saturated heterocycles. The standard InChI is InChI=1S/C9H15ClN2O/c1-9(2,11)8(13)12-5-3-4-7(10)6-12/h4H,3,5-6,11H2,1-2H3. The van der Waals surface area contributed by atoms with E-state index in [9.17, 15) is 4.79 Å². The summed E-state index contributed by atoms with van der Waals surface area (Å²) in [7, 11) is 0. The number of carbonyl (C=O) groups excluding carboxylic acids is 1. The number of nitrogens with zero attached hydrogens (tertiary/aromatic N) is 1. The van der Waals surface area contributed by atoms with Crippen molar-refractivity contribution in [3.63, 3.8) is 0 Å². The van der Waals surface area contributed by atoms with Gasteiger partial charge in [-0.15, -0.1) is 0 Å². The lowest BCUT2D eigenvalue weighted by Gasteiger charge is -2.31. The van der Waals surface area contributed by atoms with E-state index in [0.29, 0.717) is 6.54 Å². The van der Waals surface area contributed by atoms with Gasteiger partial charge >= 0.3 is 0 Å². The Kier molecular flexibility index (Phi) is 2.98. The Bertz CT molecular complexity index is 242. The Morgan fingerprint density at radius 1 is 1.69 bits per heavy atom. The molecule has 0 fully saturated rings. The Hall–Kier alpha value is -0.540. The number of halogens is 1. The van der Waals surface area contributed by atoms with Crippen LogP contribution in [-0.2, 0) is 4.79 Å². The molecule has 0 aromatic rings. The van der Waals surface area contributed by atoms with Crippen LogP contribution in [0.5, 0.6) is 0 Å². The van der Waals surface area contributed by atoms with Crippen LogP contribution in [0.4, 0.5) is 0 Å². The third-order valence-electron chi connectivity index (χ3n) is 1.95. The van der Waals surface area contributed by atoms with Gasteiger partial charge in [0.15, 0.2) is 0 Å². The molecule has 1 aliphatic rings. The SMILES string of the molecule is CC(C)(N)C(=O)N1CCC=C(Cl)C1. The number of hydrogen-bond acceptors (Lipinski definition) is 2. The van der Waals surface area contributed by atoms with E-state index in [1.807, 2.05) is 6.08 Å². The summed E-state index contributed by atoms with van der Waals surface area (Å²) in [5.74, 6) is -0.0428. The van der Waals surface area contributed by atoms with Crippen LogP contribution in [0.1, 0.15) is 20.3 Å². The molecular weight excluding hydrogens is 188 g/mol. The van der Waals surface area contributed by atoms with Gasteiger partial charge in [-0.25, -0.2) is 0 Å². The van der Waals surface area contributed by atoms with Crippen LogP contribution in [0, 0.1) is 0 Å². The third-order valence-corrected chi connectivity index (χ3v) is 2.22. The fraction of sp³-hybridized carbons (Fsp3) is 0.667. The fourth-order valence-corrected chi connectivity index (χ4v) is 1.54. The van der Waals surface area contributed by atoms with Gasteiger partial charge in [0, 0.05) is 11.6 Å². The zero-order valence-corrected chi connectivity index (χ0v) is 8.77. The molecule has 0 saturated carbocycles. The maximum Gasteiger partial charge on any atom is 0.242 e. The van der Waals surface area contributed by atoms with Gasteiger partial charge in [-0.05, 0) is 20.3 Å². The van der Waals surface area contributed by atoms with Gasteiger partial charge in [0.1, 0.15) is 0 Å². The fourth-order valence-electron chi connectivity index (χ4n) is 1.28. The number of nitrogens with two attached hydrogens (primary N) is 1. The molecule has 0 aliphatic carbocycles. The van der Waals surface area contributed by atoms with E-state index in [1.165, 1.54) is 0 Å². The molecule has 0 atom stereocenters. The van der Waals surface area contributed by atoms with Crippen LogP contribution in [0.3, 0.4) is 0 Å². The number of hydrogen-bond donors (Lipinski definition) is 1. The largest absolute Gasteiger partial charge is 0.336 e. The highest BCUT2D eigenvalue weighted by molar-refractivity contribution is 6.30. The lowest BCUT2D eigenvalue weighted by atomic mass is 10.0. The molecule has 74 valence electrons. The van der Waals surface area contributed by atoms with E-state index >= 15 is 0 Å². The molecule has 0 aromatic carbocycles. The second-order valence-electron chi connectivity index (χ2n) is 3.89. The topological polar surface area (TPSA) is 46.3 Å². The summed E-state index contributed by atoms with van der Waals surface area (Å²) in [5.41, 5.74) is 4.90. The van der Waals surface area contributed by atoms with Crippen molar-refractivity contribution in [2.24, 2.45) is 5.73 Å². The van der Waals surface area contributed by atoms with Crippen LogP contribution >= 0.6 is 11.6 Å². The first-order valence-corrected chi connectivity index (χ1v) is 4.72. The second kappa shape index (κ2) is 3.68. The van der Waals surface area contributed by atoms with E-state index in [0.717, 1.165) is 18.0 Å². The third kappa shape index (κ3) is 2.71. The summed E-state index contributed by atoms with van der Waals surface area (Å²) in [4.78, 5) is 13.4. The van der Waals surface area contributed by atoms with Crippen LogP contribution in [-0.4, -0.2) is 29.4 Å². The molecule has 0 radical (unpaired) electrons. The second-order valence-corrected chi connectivity index (χ2v) is 4.37. The van der Waals surface area contributed by atoms with Gasteiger partial charge in [-0.2, -0.15) is 0 Å². The molecule has 13 heavy (non-hydrogen) atoms. The van der Waals surface area contributed by atoms with Crippen molar-refractivity contribution in [1.29, 1.82) is 0 Å². The molecule has 4 heteroatoms. The summed E-state index contributed by atoms with van der Waals surface area (Å²) < 4.78 is 0. The molecule has 0 bridgehead atoms. The van der Waals surface area contributed by atoms with E-state index in [4.69, 9.17) is 17.3 Å². The zero-order chi connectivity index (χ0) is 10.1. The van der Waals surface area contributed by atoms with Crippen LogP contribution in [0.25, 0.3) is 0 Å². The highest BCUT2D eigenvalue weighted by Crippen LogP contribution is 2.15. The van der Waals surface area contributed by atoms with Crippen molar-refractivity contribution in [3.8, 4) is 0 Å². The molecule has 0 unspecified atom stereocenters. The van der Waals surface area contributed by atoms with Gasteiger partial charge in [0.2, 0.25) is 5.91 Å². The molecule has 2 N–H and O–H groups in total. The van der Waals surface area contributed by atoms with Crippen LogP contribution < -0.4 is 5.73 Å². The molecular formula is C9H15ClN2O. The van der Waals surface area contributed by atoms with Crippen molar-refractivity contribution < 1.29 is 4.79 Å². The molecule has 1 aliphatic heterocycles. The van der Waals surface area contributed by atoms with E-state index in [-0.39, 0.29) is 5.91 Å². The van der Waals surface area contributed by atoms with Gasteiger partial charge < -0.3 is 10.6 Å². The zero-order valence-electron chi connectivity index (χ0n) is 8.01. The Labute approximate surface area is 83.5 Å². The maximum atomic E-state index is 11.7. The highest BCUT2D eigenvalue weighted by atomic mass is 35.5. The minimum absolute atomic E-state index is 0.0428. The molecule has 1 heterocycles. The number of carbonyl (C=O) groups is 1. The first kappa shape index (κ1) is 10.5.